The highest BCUT2D eigenvalue weighted by molar-refractivity contribution is 7.89. The van der Waals surface area contributed by atoms with Gasteiger partial charge in [0.2, 0.25) is 10.0 Å². The molecule has 0 spiro atoms. The normalized spacial score (nSPS) is 13.4. The van der Waals surface area contributed by atoms with Crippen LogP contribution >= 0.6 is 0 Å². The largest absolute Gasteiger partial charge is 0.490 e. The van der Waals surface area contributed by atoms with E-state index >= 15 is 0 Å². The summed E-state index contributed by atoms with van der Waals surface area (Å²) in [7, 11) is -3.80. The Bertz CT molecular complexity index is 698. The summed E-state index contributed by atoms with van der Waals surface area (Å²) in [4.78, 5) is 4.12. The summed E-state index contributed by atoms with van der Waals surface area (Å²) >= 11 is 0. The molecule has 6 heteroatoms. The van der Waals surface area contributed by atoms with Crippen molar-refractivity contribution < 1.29 is 13.2 Å². The molecular weight excluding hydrogens is 264 g/mol. The van der Waals surface area contributed by atoms with Crippen LogP contribution in [0, 0.1) is 0 Å². The topological polar surface area (TPSA) is 82.3 Å². The smallest absolute Gasteiger partial charge is 0.240 e. The molecule has 2 aromatic rings. The summed E-state index contributed by atoms with van der Waals surface area (Å²) < 4.78 is 28.8. The number of benzene rings is 1. The molecule has 19 heavy (non-hydrogen) atoms. The first-order valence-electron chi connectivity index (χ1n) is 6.00. The highest BCUT2D eigenvalue weighted by atomic mass is 32.2. The maximum Gasteiger partial charge on any atom is 0.240 e. The van der Waals surface area contributed by atoms with Gasteiger partial charge in [-0.3, -0.25) is 4.98 Å². The summed E-state index contributed by atoms with van der Waals surface area (Å²) in [6, 6.07) is 6.56. The lowest BCUT2D eigenvalue weighted by Crippen LogP contribution is -2.14. The number of ether oxygens (including phenoxy) is 1. The van der Waals surface area contributed by atoms with E-state index in [1.54, 1.807) is 18.2 Å². The van der Waals surface area contributed by atoms with E-state index in [1.807, 2.05) is 13.8 Å². The molecule has 0 fully saturated rings. The summed E-state index contributed by atoms with van der Waals surface area (Å²) in [6.45, 7) is 3.97. The molecule has 1 aromatic heterocycles. The quantitative estimate of drug-likeness (QED) is 0.929. The lowest BCUT2D eigenvalue weighted by atomic mass is 10.2. The van der Waals surface area contributed by atoms with Crippen LogP contribution in [0.3, 0.4) is 0 Å². The van der Waals surface area contributed by atoms with Crippen molar-refractivity contribution in [2.45, 2.75) is 31.3 Å². The Balaban J connectivity index is 2.65. The van der Waals surface area contributed by atoms with Crippen LogP contribution < -0.4 is 9.88 Å². The maximum atomic E-state index is 11.5. The number of aromatic nitrogens is 1. The molecule has 5 nitrogen and oxygen atoms in total. The molecule has 1 unspecified atom stereocenters. The lowest BCUT2D eigenvalue weighted by molar-refractivity contribution is 0.220. The van der Waals surface area contributed by atoms with Gasteiger partial charge in [-0.1, -0.05) is 6.92 Å². The first-order valence-corrected chi connectivity index (χ1v) is 7.55. The molecule has 0 radical (unpaired) electrons. The van der Waals surface area contributed by atoms with Crippen LogP contribution in [0.1, 0.15) is 20.3 Å². The van der Waals surface area contributed by atoms with Gasteiger partial charge in [-0.15, -0.1) is 0 Å². The first-order chi connectivity index (χ1) is 8.93. The van der Waals surface area contributed by atoms with Gasteiger partial charge in [0.05, 0.1) is 11.6 Å². The number of nitrogens with two attached hydrogens (primary N) is 1. The Labute approximate surface area is 112 Å². The molecule has 1 aromatic carbocycles. The van der Waals surface area contributed by atoms with Gasteiger partial charge < -0.3 is 4.74 Å². The molecule has 0 aliphatic rings. The van der Waals surface area contributed by atoms with Gasteiger partial charge in [-0.25, -0.2) is 13.6 Å². The first kappa shape index (κ1) is 13.8. The standard InChI is InChI=1S/C13H16N2O3S/c1-3-9(2)18-11-6-7-12(19(14,16)17)13-10(11)5-4-8-15-13/h4-9H,3H2,1-2H3,(H2,14,16,17). The highest BCUT2D eigenvalue weighted by Gasteiger charge is 2.16. The third-order valence-electron chi connectivity index (χ3n) is 2.90. The lowest BCUT2D eigenvalue weighted by Gasteiger charge is -2.15. The minimum atomic E-state index is -3.80. The summed E-state index contributed by atoms with van der Waals surface area (Å²) in [6.07, 6.45) is 2.44. The number of nitrogens with zero attached hydrogens (tertiary/aromatic N) is 1. The second-order valence-electron chi connectivity index (χ2n) is 4.34. The zero-order chi connectivity index (χ0) is 14.0. The van der Waals surface area contributed by atoms with E-state index in [0.29, 0.717) is 16.7 Å². The molecule has 1 atom stereocenters. The molecule has 0 saturated heterocycles. The number of hydrogen-bond acceptors (Lipinski definition) is 4. The van der Waals surface area contributed by atoms with E-state index in [0.717, 1.165) is 6.42 Å². The Morgan fingerprint density at radius 3 is 2.74 bits per heavy atom. The SMILES string of the molecule is CCC(C)Oc1ccc(S(N)(=O)=O)c2ncccc12. The molecular formula is C13H16N2O3S. The summed E-state index contributed by atoms with van der Waals surface area (Å²) in [5.74, 6) is 0.616. The fourth-order valence-corrected chi connectivity index (χ4v) is 2.44. The van der Waals surface area contributed by atoms with Crippen molar-refractivity contribution in [3.8, 4) is 5.75 Å². The number of rotatable bonds is 4. The highest BCUT2D eigenvalue weighted by Crippen LogP contribution is 2.29. The molecule has 0 aliphatic carbocycles. The Hall–Kier alpha value is -1.66. The zero-order valence-electron chi connectivity index (χ0n) is 10.8. The average molecular weight is 280 g/mol. The average Bonchev–Trinajstić information content (AvgIpc) is 2.37. The van der Waals surface area contributed by atoms with Crippen molar-refractivity contribution >= 4 is 20.9 Å². The fraction of sp³-hybridized carbons (Fsp3) is 0.308. The van der Waals surface area contributed by atoms with Gasteiger partial charge in [-0.2, -0.15) is 0 Å². The van der Waals surface area contributed by atoms with Gasteiger partial charge in [0.25, 0.3) is 0 Å². The van der Waals surface area contributed by atoms with Crippen molar-refractivity contribution in [3.05, 3.63) is 30.5 Å². The second kappa shape index (κ2) is 5.14. The number of pyridine rings is 1. The van der Waals surface area contributed by atoms with Crippen LogP contribution in [0.15, 0.2) is 35.4 Å². The molecule has 0 amide bonds. The number of hydrogen-bond donors (Lipinski definition) is 1. The van der Waals surface area contributed by atoms with Crippen molar-refractivity contribution in [1.82, 2.24) is 4.98 Å². The Morgan fingerprint density at radius 1 is 1.37 bits per heavy atom. The summed E-state index contributed by atoms with van der Waals surface area (Å²) in [5, 5.41) is 5.84. The number of primary sulfonamides is 1. The number of sulfonamides is 1. The van der Waals surface area contributed by atoms with Crippen LogP contribution in [0.25, 0.3) is 10.9 Å². The van der Waals surface area contributed by atoms with Crippen LogP contribution in [0.4, 0.5) is 0 Å². The van der Waals surface area contributed by atoms with E-state index in [4.69, 9.17) is 9.88 Å². The molecule has 102 valence electrons. The molecule has 1 heterocycles. The zero-order valence-corrected chi connectivity index (χ0v) is 11.6. The van der Waals surface area contributed by atoms with Crippen LogP contribution in [0.2, 0.25) is 0 Å². The van der Waals surface area contributed by atoms with Gasteiger partial charge in [0, 0.05) is 11.6 Å². The van der Waals surface area contributed by atoms with E-state index in [2.05, 4.69) is 4.98 Å². The predicted molar refractivity (Wildman–Crippen MR) is 73.5 cm³/mol. The van der Waals surface area contributed by atoms with E-state index in [1.165, 1.54) is 12.3 Å². The monoisotopic (exact) mass is 280 g/mol. The molecule has 0 bridgehead atoms. The molecule has 2 N–H and O–H groups in total. The third kappa shape index (κ3) is 2.85. The maximum absolute atomic E-state index is 11.5. The molecule has 0 aliphatic heterocycles. The van der Waals surface area contributed by atoms with Crippen molar-refractivity contribution in [3.63, 3.8) is 0 Å². The van der Waals surface area contributed by atoms with Gasteiger partial charge in [0.15, 0.2) is 0 Å². The van der Waals surface area contributed by atoms with Crippen molar-refractivity contribution in [2.24, 2.45) is 5.14 Å². The predicted octanol–water partition coefficient (Wildman–Crippen LogP) is 2.06. The van der Waals surface area contributed by atoms with Crippen molar-refractivity contribution in [1.29, 1.82) is 0 Å². The van der Waals surface area contributed by atoms with Crippen LogP contribution in [0.5, 0.6) is 5.75 Å². The van der Waals surface area contributed by atoms with Gasteiger partial charge in [-0.05, 0) is 37.6 Å². The third-order valence-corrected chi connectivity index (χ3v) is 3.84. The minimum Gasteiger partial charge on any atom is -0.490 e. The van der Waals surface area contributed by atoms with Crippen LogP contribution in [-0.2, 0) is 10.0 Å². The van der Waals surface area contributed by atoms with Crippen molar-refractivity contribution in [2.75, 3.05) is 0 Å². The van der Waals surface area contributed by atoms with Gasteiger partial charge in [0.1, 0.15) is 10.6 Å². The number of fused-ring (bicyclic) bond motifs is 1. The molecule has 2 rings (SSSR count). The molecule has 0 saturated carbocycles. The van der Waals surface area contributed by atoms with E-state index in [9.17, 15) is 8.42 Å². The Kier molecular flexibility index (Phi) is 3.73. The Morgan fingerprint density at radius 2 is 2.11 bits per heavy atom. The van der Waals surface area contributed by atoms with E-state index < -0.39 is 10.0 Å². The van der Waals surface area contributed by atoms with E-state index in [-0.39, 0.29) is 11.0 Å². The fourth-order valence-electron chi connectivity index (χ4n) is 1.75. The van der Waals surface area contributed by atoms with Gasteiger partial charge >= 0.3 is 0 Å². The van der Waals surface area contributed by atoms with Crippen LogP contribution in [-0.4, -0.2) is 19.5 Å². The second-order valence-corrected chi connectivity index (χ2v) is 5.87. The summed E-state index contributed by atoms with van der Waals surface area (Å²) in [5.41, 5.74) is 0.339. The minimum absolute atomic E-state index is 0.0135.